The molecular weight excluding hydrogens is 248 g/mol. The molecule has 0 atom stereocenters. The summed E-state index contributed by atoms with van der Waals surface area (Å²) in [6.07, 6.45) is 4.70. The minimum absolute atomic E-state index is 0.877. The largest absolute Gasteiger partial charge is 0.372 e. The number of aryl methyl sites for hydroxylation is 1. The molecular formula is C16H22N4. The van der Waals surface area contributed by atoms with Crippen LogP contribution in [-0.4, -0.2) is 29.2 Å². The fraction of sp³-hybridized carbons (Fsp3) is 0.438. The second-order valence-corrected chi connectivity index (χ2v) is 5.32. The van der Waals surface area contributed by atoms with E-state index >= 15 is 0 Å². The SMILES string of the molecule is CCNc1nc(C)cn1-c1ccc(N2CCCC2)cc1. The second-order valence-electron chi connectivity index (χ2n) is 5.32. The van der Waals surface area contributed by atoms with E-state index in [1.54, 1.807) is 0 Å². The monoisotopic (exact) mass is 270 g/mol. The van der Waals surface area contributed by atoms with Crippen molar-refractivity contribution in [2.45, 2.75) is 26.7 Å². The molecule has 0 bridgehead atoms. The molecule has 1 saturated heterocycles. The maximum Gasteiger partial charge on any atom is 0.207 e. The van der Waals surface area contributed by atoms with Crippen LogP contribution in [-0.2, 0) is 0 Å². The molecule has 2 aromatic rings. The summed E-state index contributed by atoms with van der Waals surface area (Å²) in [4.78, 5) is 6.97. The lowest BCUT2D eigenvalue weighted by molar-refractivity contribution is 0.949. The van der Waals surface area contributed by atoms with Crippen LogP contribution in [0, 0.1) is 6.92 Å². The predicted octanol–water partition coefficient (Wildman–Crippen LogP) is 3.21. The molecule has 1 N–H and O–H groups in total. The van der Waals surface area contributed by atoms with Gasteiger partial charge in [-0.3, -0.25) is 4.57 Å². The van der Waals surface area contributed by atoms with Crippen LogP contribution < -0.4 is 10.2 Å². The smallest absolute Gasteiger partial charge is 0.207 e. The molecule has 4 nitrogen and oxygen atoms in total. The second kappa shape index (κ2) is 5.57. The number of rotatable bonds is 4. The molecule has 1 aromatic carbocycles. The molecule has 0 saturated carbocycles. The molecule has 1 aromatic heterocycles. The van der Waals surface area contributed by atoms with Crippen molar-refractivity contribution < 1.29 is 0 Å². The third-order valence-electron chi connectivity index (χ3n) is 3.76. The number of nitrogens with zero attached hydrogens (tertiary/aromatic N) is 3. The van der Waals surface area contributed by atoms with Crippen LogP contribution in [0.3, 0.4) is 0 Å². The quantitative estimate of drug-likeness (QED) is 0.926. The summed E-state index contributed by atoms with van der Waals surface area (Å²) in [5.41, 5.74) is 3.52. The van der Waals surface area contributed by atoms with Gasteiger partial charge >= 0.3 is 0 Å². The third kappa shape index (κ3) is 2.50. The summed E-state index contributed by atoms with van der Waals surface area (Å²) in [6, 6.07) is 8.78. The number of imidazole rings is 1. The molecule has 2 heterocycles. The highest BCUT2D eigenvalue weighted by Crippen LogP contribution is 2.23. The van der Waals surface area contributed by atoms with E-state index < -0.39 is 0 Å². The van der Waals surface area contributed by atoms with Crippen molar-refractivity contribution in [2.75, 3.05) is 29.9 Å². The maximum absolute atomic E-state index is 4.52. The number of hydrogen-bond donors (Lipinski definition) is 1. The summed E-state index contributed by atoms with van der Waals surface area (Å²) in [7, 11) is 0. The van der Waals surface area contributed by atoms with Gasteiger partial charge in [-0.25, -0.2) is 4.98 Å². The number of benzene rings is 1. The lowest BCUT2D eigenvalue weighted by atomic mass is 10.2. The Morgan fingerprint density at radius 1 is 1.10 bits per heavy atom. The average Bonchev–Trinajstić information content (AvgIpc) is 3.09. The lowest BCUT2D eigenvalue weighted by Crippen LogP contribution is -2.17. The first-order chi connectivity index (χ1) is 9.78. The average molecular weight is 270 g/mol. The van der Waals surface area contributed by atoms with Gasteiger partial charge < -0.3 is 10.2 Å². The normalized spacial score (nSPS) is 14.8. The zero-order valence-electron chi connectivity index (χ0n) is 12.3. The third-order valence-corrected chi connectivity index (χ3v) is 3.76. The summed E-state index contributed by atoms with van der Waals surface area (Å²) < 4.78 is 2.12. The molecule has 0 unspecified atom stereocenters. The Morgan fingerprint density at radius 3 is 2.40 bits per heavy atom. The van der Waals surface area contributed by atoms with E-state index in [2.05, 4.69) is 57.2 Å². The molecule has 1 aliphatic heterocycles. The van der Waals surface area contributed by atoms with E-state index in [-0.39, 0.29) is 0 Å². The van der Waals surface area contributed by atoms with Crippen molar-refractivity contribution in [3.8, 4) is 5.69 Å². The van der Waals surface area contributed by atoms with Crippen molar-refractivity contribution in [3.05, 3.63) is 36.2 Å². The zero-order valence-corrected chi connectivity index (χ0v) is 12.3. The van der Waals surface area contributed by atoms with Gasteiger partial charge in [-0.2, -0.15) is 0 Å². The van der Waals surface area contributed by atoms with Crippen molar-refractivity contribution in [1.29, 1.82) is 0 Å². The fourth-order valence-electron chi connectivity index (χ4n) is 2.78. The first-order valence-corrected chi connectivity index (χ1v) is 7.43. The van der Waals surface area contributed by atoms with Crippen molar-refractivity contribution in [3.63, 3.8) is 0 Å². The molecule has 1 fully saturated rings. The minimum Gasteiger partial charge on any atom is -0.372 e. The van der Waals surface area contributed by atoms with E-state index in [4.69, 9.17) is 0 Å². The van der Waals surface area contributed by atoms with E-state index in [0.717, 1.165) is 23.9 Å². The van der Waals surface area contributed by atoms with Crippen LogP contribution in [0.1, 0.15) is 25.5 Å². The highest BCUT2D eigenvalue weighted by Gasteiger charge is 2.12. The summed E-state index contributed by atoms with van der Waals surface area (Å²) >= 11 is 0. The Kier molecular flexibility index (Phi) is 3.63. The van der Waals surface area contributed by atoms with Gasteiger partial charge in [0.15, 0.2) is 0 Å². The van der Waals surface area contributed by atoms with E-state index in [1.165, 1.54) is 31.6 Å². The molecule has 3 rings (SSSR count). The van der Waals surface area contributed by atoms with Crippen molar-refractivity contribution >= 4 is 11.6 Å². The Morgan fingerprint density at radius 2 is 1.75 bits per heavy atom. The molecule has 20 heavy (non-hydrogen) atoms. The number of anilines is 2. The van der Waals surface area contributed by atoms with Crippen LogP contribution in [0.2, 0.25) is 0 Å². The van der Waals surface area contributed by atoms with Crippen LogP contribution >= 0.6 is 0 Å². The summed E-state index contributed by atoms with van der Waals surface area (Å²) in [5, 5.41) is 3.31. The van der Waals surface area contributed by atoms with E-state index in [0.29, 0.717) is 0 Å². The zero-order chi connectivity index (χ0) is 13.9. The van der Waals surface area contributed by atoms with Gasteiger partial charge in [-0.05, 0) is 51.0 Å². The fourth-order valence-corrected chi connectivity index (χ4v) is 2.78. The van der Waals surface area contributed by atoms with Crippen LogP contribution in [0.4, 0.5) is 11.6 Å². The van der Waals surface area contributed by atoms with Gasteiger partial charge in [-0.15, -0.1) is 0 Å². The highest BCUT2D eigenvalue weighted by atomic mass is 15.2. The Bertz CT molecular complexity index is 565. The number of aromatic nitrogens is 2. The summed E-state index contributed by atoms with van der Waals surface area (Å²) in [6.45, 7) is 7.36. The molecule has 106 valence electrons. The lowest BCUT2D eigenvalue weighted by Gasteiger charge is -2.18. The van der Waals surface area contributed by atoms with Crippen molar-refractivity contribution in [1.82, 2.24) is 9.55 Å². The van der Waals surface area contributed by atoms with Gasteiger partial charge in [0.1, 0.15) is 0 Å². The molecule has 0 aliphatic carbocycles. The minimum atomic E-state index is 0.877. The molecule has 0 amide bonds. The highest BCUT2D eigenvalue weighted by molar-refractivity contribution is 5.53. The Hall–Kier alpha value is -1.97. The Labute approximate surface area is 120 Å². The topological polar surface area (TPSA) is 33.1 Å². The van der Waals surface area contributed by atoms with Gasteiger partial charge in [-0.1, -0.05) is 0 Å². The Balaban J connectivity index is 1.86. The van der Waals surface area contributed by atoms with Crippen molar-refractivity contribution in [2.24, 2.45) is 0 Å². The summed E-state index contributed by atoms with van der Waals surface area (Å²) in [5.74, 6) is 0.916. The molecule has 0 spiro atoms. The number of hydrogen-bond acceptors (Lipinski definition) is 3. The first kappa shape index (κ1) is 13.0. The molecule has 1 aliphatic rings. The van der Waals surface area contributed by atoms with Gasteiger partial charge in [0.2, 0.25) is 5.95 Å². The van der Waals surface area contributed by atoms with Gasteiger partial charge in [0.25, 0.3) is 0 Å². The van der Waals surface area contributed by atoms with Gasteiger partial charge in [0.05, 0.1) is 5.69 Å². The first-order valence-electron chi connectivity index (χ1n) is 7.43. The molecule has 4 heteroatoms. The standard InChI is InChI=1S/C16H22N4/c1-3-17-16-18-13(2)12-20(16)15-8-6-14(7-9-15)19-10-4-5-11-19/h6-9,12H,3-5,10-11H2,1-2H3,(H,17,18). The van der Waals surface area contributed by atoms with Gasteiger partial charge in [0, 0.05) is 37.2 Å². The van der Waals surface area contributed by atoms with Crippen LogP contribution in [0.5, 0.6) is 0 Å². The molecule has 0 radical (unpaired) electrons. The van der Waals surface area contributed by atoms with E-state index in [1.807, 2.05) is 6.92 Å². The maximum atomic E-state index is 4.52. The van der Waals surface area contributed by atoms with Crippen LogP contribution in [0.25, 0.3) is 5.69 Å². The number of nitrogens with one attached hydrogen (secondary N) is 1. The van der Waals surface area contributed by atoms with E-state index in [9.17, 15) is 0 Å². The predicted molar refractivity (Wildman–Crippen MR) is 83.9 cm³/mol. The van der Waals surface area contributed by atoms with Crippen LogP contribution in [0.15, 0.2) is 30.5 Å².